The van der Waals surface area contributed by atoms with Crippen molar-refractivity contribution < 1.29 is 24.0 Å². The number of nitro benzene ring substituents is 1. The van der Waals surface area contributed by atoms with Gasteiger partial charge in [0.1, 0.15) is 16.3 Å². The molecule has 1 aromatic heterocycles. The summed E-state index contributed by atoms with van der Waals surface area (Å²) in [6, 6.07) is 9.87. The standard InChI is InChI=1S/C24H24N2O6S/c1-5-31-24(28)21-19(17-7-6-8-18(11-17)26(29)30)13-33-23(21)25-20(27)12-32-22-15(3)10-9-14(2)16(22)4/h6-11,13H,5,12H2,1-4H3,(H,25,27). The fourth-order valence-electron chi connectivity index (χ4n) is 3.30. The number of hydrogen-bond donors (Lipinski definition) is 1. The molecule has 2 aromatic carbocycles. The van der Waals surface area contributed by atoms with E-state index in [1.165, 1.54) is 12.1 Å². The lowest BCUT2D eigenvalue weighted by Gasteiger charge is -2.14. The molecule has 8 nitrogen and oxygen atoms in total. The molecule has 172 valence electrons. The van der Waals surface area contributed by atoms with Gasteiger partial charge in [-0.3, -0.25) is 14.9 Å². The number of nitrogens with zero attached hydrogens (tertiary/aromatic N) is 1. The van der Waals surface area contributed by atoms with Crippen molar-refractivity contribution in [1.29, 1.82) is 0 Å². The van der Waals surface area contributed by atoms with Crippen LogP contribution in [0.4, 0.5) is 10.7 Å². The summed E-state index contributed by atoms with van der Waals surface area (Å²) >= 11 is 1.14. The first-order valence-electron chi connectivity index (χ1n) is 10.3. The van der Waals surface area contributed by atoms with Crippen molar-refractivity contribution in [2.24, 2.45) is 0 Å². The number of rotatable bonds is 8. The first-order valence-corrected chi connectivity index (χ1v) is 11.1. The van der Waals surface area contributed by atoms with Crippen molar-refractivity contribution in [3.8, 4) is 16.9 Å². The summed E-state index contributed by atoms with van der Waals surface area (Å²) in [5.41, 5.74) is 3.91. The van der Waals surface area contributed by atoms with Crippen LogP contribution in [0.3, 0.4) is 0 Å². The van der Waals surface area contributed by atoms with E-state index in [1.54, 1.807) is 24.4 Å². The van der Waals surface area contributed by atoms with Gasteiger partial charge in [0, 0.05) is 23.1 Å². The molecule has 0 aliphatic heterocycles. The summed E-state index contributed by atoms with van der Waals surface area (Å²) in [7, 11) is 0. The number of carbonyl (C=O) groups excluding carboxylic acids is 2. The summed E-state index contributed by atoms with van der Waals surface area (Å²) in [5, 5.41) is 15.8. The van der Waals surface area contributed by atoms with Gasteiger partial charge in [-0.15, -0.1) is 11.3 Å². The van der Waals surface area contributed by atoms with Gasteiger partial charge in [0.15, 0.2) is 6.61 Å². The molecule has 0 unspecified atom stereocenters. The Bertz CT molecular complexity index is 1220. The molecule has 1 amide bonds. The highest BCUT2D eigenvalue weighted by Gasteiger charge is 2.24. The molecule has 3 aromatic rings. The minimum atomic E-state index is -0.623. The summed E-state index contributed by atoms with van der Waals surface area (Å²) in [4.78, 5) is 36.0. The normalized spacial score (nSPS) is 10.5. The van der Waals surface area contributed by atoms with Gasteiger partial charge in [0.25, 0.3) is 11.6 Å². The summed E-state index contributed by atoms with van der Waals surface area (Å²) < 4.78 is 10.9. The number of non-ortho nitro benzene ring substituents is 1. The Balaban J connectivity index is 1.87. The van der Waals surface area contributed by atoms with Crippen molar-refractivity contribution in [3.63, 3.8) is 0 Å². The van der Waals surface area contributed by atoms with E-state index in [-0.39, 0.29) is 24.5 Å². The average molecular weight is 469 g/mol. The average Bonchev–Trinajstić information content (AvgIpc) is 3.20. The number of anilines is 1. The smallest absolute Gasteiger partial charge is 0.341 e. The van der Waals surface area contributed by atoms with Crippen LogP contribution < -0.4 is 10.1 Å². The van der Waals surface area contributed by atoms with E-state index in [9.17, 15) is 19.7 Å². The Morgan fingerprint density at radius 1 is 1.12 bits per heavy atom. The highest BCUT2D eigenvalue weighted by molar-refractivity contribution is 7.15. The Morgan fingerprint density at radius 2 is 1.85 bits per heavy atom. The monoisotopic (exact) mass is 468 g/mol. The molecule has 0 fully saturated rings. The third-order valence-electron chi connectivity index (χ3n) is 5.11. The van der Waals surface area contributed by atoms with Crippen molar-refractivity contribution in [2.45, 2.75) is 27.7 Å². The van der Waals surface area contributed by atoms with E-state index in [2.05, 4.69) is 5.32 Å². The number of nitro groups is 1. The van der Waals surface area contributed by atoms with Gasteiger partial charge in [0.05, 0.1) is 11.5 Å². The van der Waals surface area contributed by atoms with E-state index in [0.29, 0.717) is 21.9 Å². The maximum atomic E-state index is 12.7. The third kappa shape index (κ3) is 5.38. The van der Waals surface area contributed by atoms with Gasteiger partial charge in [-0.2, -0.15) is 0 Å². The number of ether oxygens (including phenoxy) is 2. The van der Waals surface area contributed by atoms with Crippen LogP contribution >= 0.6 is 11.3 Å². The minimum Gasteiger partial charge on any atom is -0.483 e. The highest BCUT2D eigenvalue weighted by atomic mass is 32.1. The predicted molar refractivity (Wildman–Crippen MR) is 127 cm³/mol. The van der Waals surface area contributed by atoms with E-state index >= 15 is 0 Å². The van der Waals surface area contributed by atoms with Gasteiger partial charge in [0.2, 0.25) is 0 Å². The van der Waals surface area contributed by atoms with Gasteiger partial charge in [-0.05, 0) is 49.9 Å². The second kappa shape index (κ2) is 10.3. The SMILES string of the molecule is CCOC(=O)c1c(-c2cccc([N+](=O)[O-])c2)csc1NC(=O)COc1c(C)ccc(C)c1C. The van der Waals surface area contributed by atoms with Crippen LogP contribution in [0.25, 0.3) is 11.1 Å². The lowest BCUT2D eigenvalue weighted by atomic mass is 10.0. The Kier molecular flexibility index (Phi) is 7.44. The molecule has 0 radical (unpaired) electrons. The lowest BCUT2D eigenvalue weighted by molar-refractivity contribution is -0.384. The largest absolute Gasteiger partial charge is 0.483 e. The van der Waals surface area contributed by atoms with E-state index in [4.69, 9.17) is 9.47 Å². The number of benzene rings is 2. The third-order valence-corrected chi connectivity index (χ3v) is 6.01. The van der Waals surface area contributed by atoms with Gasteiger partial charge >= 0.3 is 5.97 Å². The number of carbonyl (C=O) groups is 2. The molecular formula is C24H24N2O6S. The molecule has 0 saturated heterocycles. The molecule has 0 atom stereocenters. The topological polar surface area (TPSA) is 108 Å². The fourth-order valence-corrected chi connectivity index (χ4v) is 4.28. The van der Waals surface area contributed by atoms with Crippen molar-refractivity contribution in [3.05, 3.63) is 74.1 Å². The van der Waals surface area contributed by atoms with E-state index in [1.807, 2.05) is 32.9 Å². The van der Waals surface area contributed by atoms with Crippen molar-refractivity contribution in [2.75, 3.05) is 18.5 Å². The fraction of sp³-hybridized carbons (Fsp3) is 0.250. The zero-order chi connectivity index (χ0) is 24.1. The van der Waals surface area contributed by atoms with Crippen LogP contribution in [-0.2, 0) is 9.53 Å². The molecule has 1 N–H and O–H groups in total. The number of aryl methyl sites for hydroxylation is 2. The molecule has 1 heterocycles. The summed E-state index contributed by atoms with van der Waals surface area (Å²) in [6.45, 7) is 7.38. The first kappa shape index (κ1) is 23.9. The lowest BCUT2D eigenvalue weighted by Crippen LogP contribution is -2.21. The van der Waals surface area contributed by atoms with Crippen LogP contribution in [0.2, 0.25) is 0 Å². The Hall–Kier alpha value is -3.72. The molecule has 3 rings (SSSR count). The Morgan fingerprint density at radius 3 is 2.55 bits per heavy atom. The zero-order valence-electron chi connectivity index (χ0n) is 18.8. The molecule has 33 heavy (non-hydrogen) atoms. The predicted octanol–water partition coefficient (Wildman–Crippen LogP) is 5.44. The first-order chi connectivity index (χ1) is 15.7. The second-order valence-electron chi connectivity index (χ2n) is 7.37. The molecule has 0 bridgehead atoms. The van der Waals surface area contributed by atoms with Crippen LogP contribution in [0.5, 0.6) is 5.75 Å². The second-order valence-corrected chi connectivity index (χ2v) is 8.25. The molecule has 9 heteroatoms. The Labute approximate surface area is 195 Å². The van der Waals surface area contributed by atoms with Gasteiger partial charge in [-0.25, -0.2) is 4.79 Å². The number of nitrogens with one attached hydrogen (secondary N) is 1. The molecule has 0 aliphatic carbocycles. The van der Waals surface area contributed by atoms with Crippen LogP contribution in [0.15, 0.2) is 41.8 Å². The number of amides is 1. The van der Waals surface area contributed by atoms with E-state index < -0.39 is 16.8 Å². The maximum absolute atomic E-state index is 12.7. The minimum absolute atomic E-state index is 0.101. The van der Waals surface area contributed by atoms with Crippen LogP contribution in [0.1, 0.15) is 34.0 Å². The van der Waals surface area contributed by atoms with Crippen molar-refractivity contribution >= 4 is 33.9 Å². The molecule has 0 spiro atoms. The quantitative estimate of drug-likeness (QED) is 0.268. The molecule has 0 saturated carbocycles. The van der Waals surface area contributed by atoms with Crippen LogP contribution in [-0.4, -0.2) is 30.0 Å². The summed E-state index contributed by atoms with van der Waals surface area (Å²) in [6.07, 6.45) is 0. The maximum Gasteiger partial charge on any atom is 0.341 e. The number of esters is 1. The number of hydrogen-bond acceptors (Lipinski definition) is 7. The van der Waals surface area contributed by atoms with Gasteiger partial charge < -0.3 is 14.8 Å². The molecular weight excluding hydrogens is 444 g/mol. The van der Waals surface area contributed by atoms with E-state index in [0.717, 1.165) is 28.0 Å². The zero-order valence-corrected chi connectivity index (χ0v) is 19.6. The van der Waals surface area contributed by atoms with Crippen LogP contribution in [0, 0.1) is 30.9 Å². The van der Waals surface area contributed by atoms with Crippen molar-refractivity contribution in [1.82, 2.24) is 0 Å². The highest BCUT2D eigenvalue weighted by Crippen LogP contribution is 2.37. The number of thiophene rings is 1. The summed E-state index contributed by atoms with van der Waals surface area (Å²) in [5.74, 6) is -0.408. The molecule has 0 aliphatic rings. The van der Waals surface area contributed by atoms with Gasteiger partial charge in [-0.1, -0.05) is 24.3 Å².